The van der Waals surface area contributed by atoms with E-state index in [1.807, 2.05) is 0 Å². The summed E-state index contributed by atoms with van der Waals surface area (Å²) in [7, 11) is -9.89. The van der Waals surface area contributed by atoms with Crippen LogP contribution in [0.5, 0.6) is 0 Å². The summed E-state index contributed by atoms with van der Waals surface area (Å²) in [6, 6.07) is 0. The molecule has 0 aliphatic heterocycles. The molecule has 3 unspecified atom stereocenters. The van der Waals surface area contributed by atoms with E-state index in [2.05, 4.69) is 34.6 Å². The Morgan fingerprint density at radius 1 is 0.318 bits per heavy atom. The third-order valence-electron chi connectivity index (χ3n) is 16.4. The van der Waals surface area contributed by atoms with E-state index in [-0.39, 0.29) is 25.7 Å². The van der Waals surface area contributed by atoms with Crippen LogP contribution in [0.3, 0.4) is 0 Å². The van der Waals surface area contributed by atoms with Crippen LogP contribution in [-0.4, -0.2) is 96.7 Å². The predicted octanol–water partition coefficient (Wildman–Crippen LogP) is 19.7. The molecule has 522 valence electrons. The van der Waals surface area contributed by atoms with Crippen LogP contribution in [0.4, 0.5) is 0 Å². The van der Waals surface area contributed by atoms with Crippen molar-refractivity contribution in [1.29, 1.82) is 0 Å². The lowest BCUT2D eigenvalue weighted by Crippen LogP contribution is -2.30. The quantitative estimate of drug-likeness (QED) is 0.0222. The van der Waals surface area contributed by atoms with Gasteiger partial charge in [0.2, 0.25) is 0 Å². The second-order valence-electron chi connectivity index (χ2n) is 25.2. The van der Waals surface area contributed by atoms with Crippen LogP contribution in [0.1, 0.15) is 356 Å². The number of carbonyl (C=O) groups excluding carboxylic acids is 4. The van der Waals surface area contributed by atoms with Crippen LogP contribution in [0.25, 0.3) is 0 Å². The highest BCUT2D eigenvalue weighted by molar-refractivity contribution is 7.47. The molecule has 6 atom stereocenters. The SMILES string of the molecule is CCCCCCCCCCCCCCCCCC(=O)O[C@H](COC(=O)CCCCCCCCCCC(C)CC)COP(=O)(O)OC[C@@H](O)COP(=O)(O)OC[C@@H](COC(=O)CCCCCCCCCCC)OC(=O)CCCCCCCCCCCCCC. The zero-order valence-corrected chi connectivity index (χ0v) is 58.6. The number of rotatable bonds is 69. The normalized spacial score (nSPS) is 14.4. The van der Waals surface area contributed by atoms with Crippen LogP contribution in [0.2, 0.25) is 0 Å². The van der Waals surface area contributed by atoms with E-state index in [9.17, 15) is 43.2 Å². The average molecular weight is 1300 g/mol. The van der Waals surface area contributed by atoms with Gasteiger partial charge in [0.1, 0.15) is 19.3 Å². The molecule has 0 aromatic rings. The maximum absolute atomic E-state index is 13.0. The van der Waals surface area contributed by atoms with Crippen LogP contribution in [-0.2, 0) is 65.4 Å². The maximum atomic E-state index is 13.0. The van der Waals surface area contributed by atoms with Gasteiger partial charge in [-0.1, -0.05) is 304 Å². The fourth-order valence-electron chi connectivity index (χ4n) is 10.4. The van der Waals surface area contributed by atoms with Gasteiger partial charge in [-0.05, 0) is 31.6 Å². The first-order chi connectivity index (χ1) is 42.6. The van der Waals surface area contributed by atoms with Gasteiger partial charge >= 0.3 is 39.5 Å². The highest BCUT2D eigenvalue weighted by Gasteiger charge is 2.30. The third-order valence-corrected chi connectivity index (χ3v) is 18.3. The average Bonchev–Trinajstić information content (AvgIpc) is 3.56. The van der Waals surface area contributed by atoms with Crippen LogP contribution >= 0.6 is 15.6 Å². The van der Waals surface area contributed by atoms with E-state index >= 15 is 0 Å². The Bertz CT molecular complexity index is 1710. The van der Waals surface area contributed by atoms with Gasteiger partial charge in [0.25, 0.3) is 0 Å². The zero-order valence-electron chi connectivity index (χ0n) is 56.9. The summed E-state index contributed by atoms with van der Waals surface area (Å²) in [5.41, 5.74) is 0. The fourth-order valence-corrected chi connectivity index (χ4v) is 12.0. The standard InChI is InChI=1S/C69H134O17P2/c1-6-10-13-16-19-22-24-26-27-28-30-33-40-45-50-55-69(74)86-65(59-80-67(72)53-48-43-38-35-34-36-41-46-51-62(5)9-4)61-84-88(77,78)82-57-63(70)56-81-87(75,76)83-60-64(58-79-66(71)52-47-42-37-31-21-18-15-12-8-3)85-68(73)54-49-44-39-32-29-25-23-20-17-14-11-7-2/h62-65,70H,6-61H2,1-5H3,(H,75,76)(H,77,78)/t62?,63-,64+,65+/m0/s1. The summed E-state index contributed by atoms with van der Waals surface area (Å²) in [5, 5.41) is 10.6. The second kappa shape index (κ2) is 62.5. The highest BCUT2D eigenvalue weighted by atomic mass is 31.2. The minimum absolute atomic E-state index is 0.107. The Hall–Kier alpha value is -1.94. The number of carbonyl (C=O) groups is 4. The van der Waals surface area contributed by atoms with E-state index in [1.165, 1.54) is 180 Å². The van der Waals surface area contributed by atoms with Crippen molar-refractivity contribution in [2.24, 2.45) is 5.92 Å². The van der Waals surface area contributed by atoms with Crippen molar-refractivity contribution in [1.82, 2.24) is 0 Å². The van der Waals surface area contributed by atoms with E-state index in [0.717, 1.165) is 95.8 Å². The minimum atomic E-state index is -4.95. The van der Waals surface area contributed by atoms with Crippen molar-refractivity contribution in [2.75, 3.05) is 39.6 Å². The molecule has 0 fully saturated rings. The largest absolute Gasteiger partial charge is 0.472 e. The second-order valence-corrected chi connectivity index (χ2v) is 28.1. The molecule has 17 nitrogen and oxygen atoms in total. The number of aliphatic hydroxyl groups excluding tert-OH is 1. The van der Waals surface area contributed by atoms with E-state index in [1.54, 1.807) is 0 Å². The van der Waals surface area contributed by atoms with Crippen LogP contribution < -0.4 is 0 Å². The number of hydrogen-bond acceptors (Lipinski definition) is 15. The van der Waals surface area contributed by atoms with Crippen molar-refractivity contribution in [3.8, 4) is 0 Å². The molecule has 0 bridgehead atoms. The number of phosphoric ester groups is 2. The van der Waals surface area contributed by atoms with Crippen LogP contribution in [0.15, 0.2) is 0 Å². The van der Waals surface area contributed by atoms with Gasteiger partial charge in [-0.15, -0.1) is 0 Å². The fraction of sp³-hybridized carbons (Fsp3) is 0.942. The summed E-state index contributed by atoms with van der Waals surface area (Å²) >= 11 is 0. The van der Waals surface area contributed by atoms with Crippen molar-refractivity contribution < 1.29 is 80.2 Å². The van der Waals surface area contributed by atoms with Gasteiger partial charge in [0.15, 0.2) is 12.2 Å². The first-order valence-electron chi connectivity index (χ1n) is 36.2. The lowest BCUT2D eigenvalue weighted by molar-refractivity contribution is -0.161. The Labute approximate surface area is 537 Å². The van der Waals surface area contributed by atoms with Gasteiger partial charge in [-0.25, -0.2) is 9.13 Å². The molecule has 0 amide bonds. The van der Waals surface area contributed by atoms with E-state index in [4.69, 9.17) is 37.0 Å². The van der Waals surface area contributed by atoms with Crippen molar-refractivity contribution in [3.05, 3.63) is 0 Å². The summed E-state index contributed by atoms with van der Waals surface area (Å²) in [6.07, 6.45) is 48.4. The molecule has 0 rings (SSSR count). The van der Waals surface area contributed by atoms with Crippen LogP contribution in [0, 0.1) is 5.92 Å². The molecule has 0 aliphatic rings. The minimum Gasteiger partial charge on any atom is -0.462 e. The number of hydrogen-bond donors (Lipinski definition) is 3. The lowest BCUT2D eigenvalue weighted by Gasteiger charge is -2.21. The zero-order chi connectivity index (χ0) is 64.9. The van der Waals surface area contributed by atoms with Gasteiger partial charge < -0.3 is 33.8 Å². The molecule has 88 heavy (non-hydrogen) atoms. The molecule has 0 heterocycles. The van der Waals surface area contributed by atoms with Crippen molar-refractivity contribution in [2.45, 2.75) is 374 Å². The van der Waals surface area contributed by atoms with Gasteiger partial charge in [0, 0.05) is 25.7 Å². The highest BCUT2D eigenvalue weighted by Crippen LogP contribution is 2.45. The maximum Gasteiger partial charge on any atom is 0.472 e. The molecule has 0 saturated heterocycles. The molecule has 0 spiro atoms. The molecular weight excluding hydrogens is 1160 g/mol. The number of ether oxygens (including phenoxy) is 4. The molecule has 3 N–H and O–H groups in total. The molecule has 0 aromatic carbocycles. The number of unbranched alkanes of at least 4 members (excludes halogenated alkanes) is 40. The first-order valence-corrected chi connectivity index (χ1v) is 39.2. The summed E-state index contributed by atoms with van der Waals surface area (Å²) in [5.74, 6) is -1.35. The van der Waals surface area contributed by atoms with Gasteiger partial charge in [0.05, 0.1) is 26.4 Å². The Kier molecular flexibility index (Phi) is 61.1. The summed E-state index contributed by atoms with van der Waals surface area (Å²) in [6.45, 7) is 7.23. The van der Waals surface area contributed by atoms with Gasteiger partial charge in [-0.2, -0.15) is 0 Å². The van der Waals surface area contributed by atoms with Crippen molar-refractivity contribution in [3.63, 3.8) is 0 Å². The monoisotopic (exact) mass is 1300 g/mol. The smallest absolute Gasteiger partial charge is 0.462 e. The lowest BCUT2D eigenvalue weighted by atomic mass is 9.99. The molecule has 0 saturated carbocycles. The molecular formula is C69H134O17P2. The summed E-state index contributed by atoms with van der Waals surface area (Å²) < 4.78 is 68.2. The molecule has 0 radical (unpaired) electrons. The molecule has 0 aliphatic carbocycles. The Morgan fingerprint density at radius 2 is 0.545 bits per heavy atom. The molecule has 0 aromatic heterocycles. The van der Waals surface area contributed by atoms with Crippen molar-refractivity contribution >= 4 is 39.5 Å². The van der Waals surface area contributed by atoms with Gasteiger partial charge in [-0.3, -0.25) is 37.3 Å². The number of esters is 4. The topological polar surface area (TPSA) is 237 Å². The Balaban J connectivity index is 5.24. The molecule has 19 heteroatoms. The third kappa shape index (κ3) is 61.6. The first kappa shape index (κ1) is 86.1. The predicted molar refractivity (Wildman–Crippen MR) is 354 cm³/mol. The summed E-state index contributed by atoms with van der Waals surface area (Å²) in [4.78, 5) is 72.5. The number of phosphoric acid groups is 2. The number of aliphatic hydroxyl groups is 1. The van der Waals surface area contributed by atoms with E-state index in [0.29, 0.717) is 25.7 Å². The van der Waals surface area contributed by atoms with E-state index < -0.39 is 97.5 Å². The Morgan fingerprint density at radius 3 is 0.807 bits per heavy atom.